The minimum Gasteiger partial charge on any atom is -0.497 e. The lowest BCUT2D eigenvalue weighted by Crippen LogP contribution is -2.04. The van der Waals surface area contributed by atoms with Gasteiger partial charge in [0.1, 0.15) is 23.9 Å². The second-order valence-electron chi connectivity index (χ2n) is 6.15. The molecule has 0 spiro atoms. The largest absolute Gasteiger partial charge is 0.497 e. The second kappa shape index (κ2) is 8.84. The molecule has 0 radical (unpaired) electrons. The van der Waals surface area contributed by atoms with E-state index in [9.17, 15) is 5.11 Å². The number of benzene rings is 2. The fourth-order valence-electron chi connectivity index (χ4n) is 2.96. The van der Waals surface area contributed by atoms with Gasteiger partial charge in [-0.1, -0.05) is 43.4 Å². The average Bonchev–Trinajstić information content (AvgIpc) is 2.72. The number of ether oxygens (including phenoxy) is 1. The smallest absolute Gasteiger partial charge is 0.131 e. The lowest BCUT2D eigenvalue weighted by molar-refractivity contribution is 0.239. The molecule has 1 heterocycles. The van der Waals surface area contributed by atoms with E-state index >= 15 is 0 Å². The highest BCUT2D eigenvalue weighted by atomic mass is 32.1. The van der Waals surface area contributed by atoms with Crippen LogP contribution in [0.15, 0.2) is 59.0 Å². The van der Waals surface area contributed by atoms with Gasteiger partial charge in [-0.2, -0.15) is 0 Å². The van der Waals surface area contributed by atoms with E-state index in [0.29, 0.717) is 12.3 Å². The SMILES string of the molecule is CCc1c(CNc2ccc(-c3ccc(OC)cc3)cc2)oc(CO)cc1=S. The standard InChI is InChI=1S/C22H23NO3S/c1-3-20-21(26-19(14-24)12-22(20)27)13-23-17-8-4-15(5-9-17)16-6-10-18(25-2)11-7-16/h4-12,23-24H,3,13-14H2,1-2H3. The molecule has 1 aromatic heterocycles. The number of hydrogen-bond acceptors (Lipinski definition) is 5. The summed E-state index contributed by atoms with van der Waals surface area (Å²) in [5.74, 6) is 2.11. The molecule has 0 aliphatic rings. The summed E-state index contributed by atoms with van der Waals surface area (Å²) >= 11 is 5.40. The molecule has 0 fully saturated rings. The lowest BCUT2D eigenvalue weighted by atomic mass is 10.1. The van der Waals surface area contributed by atoms with Crippen LogP contribution in [0.2, 0.25) is 0 Å². The van der Waals surface area contributed by atoms with E-state index in [-0.39, 0.29) is 6.61 Å². The summed E-state index contributed by atoms with van der Waals surface area (Å²) in [7, 11) is 1.66. The number of anilines is 1. The van der Waals surface area contributed by atoms with Crippen molar-refractivity contribution < 1.29 is 14.3 Å². The summed E-state index contributed by atoms with van der Waals surface area (Å²) in [6, 6.07) is 17.9. The first-order valence-electron chi connectivity index (χ1n) is 8.88. The molecule has 4 nitrogen and oxygen atoms in total. The van der Waals surface area contributed by atoms with Gasteiger partial charge in [0.25, 0.3) is 0 Å². The molecule has 140 valence electrons. The van der Waals surface area contributed by atoms with Crippen LogP contribution < -0.4 is 10.1 Å². The zero-order valence-corrected chi connectivity index (χ0v) is 16.3. The Kier molecular flexibility index (Phi) is 6.27. The predicted octanol–water partition coefficient (Wildman–Crippen LogP) is 5.35. The van der Waals surface area contributed by atoms with Crippen molar-refractivity contribution in [3.05, 3.63) is 76.2 Å². The molecule has 0 amide bonds. The molecule has 0 aliphatic heterocycles. The molecule has 3 rings (SSSR count). The molecular weight excluding hydrogens is 358 g/mol. The Balaban J connectivity index is 1.74. The van der Waals surface area contributed by atoms with Crippen LogP contribution in [-0.4, -0.2) is 12.2 Å². The zero-order chi connectivity index (χ0) is 19.2. The van der Waals surface area contributed by atoms with E-state index in [0.717, 1.165) is 44.8 Å². The van der Waals surface area contributed by atoms with Crippen LogP contribution in [0.3, 0.4) is 0 Å². The van der Waals surface area contributed by atoms with Crippen molar-refractivity contribution in [2.75, 3.05) is 12.4 Å². The van der Waals surface area contributed by atoms with Crippen LogP contribution in [0.5, 0.6) is 5.75 Å². The van der Waals surface area contributed by atoms with E-state index in [2.05, 4.69) is 17.4 Å². The summed E-state index contributed by atoms with van der Waals surface area (Å²) < 4.78 is 11.7. The summed E-state index contributed by atoms with van der Waals surface area (Å²) in [5, 5.41) is 12.7. The maximum absolute atomic E-state index is 9.34. The monoisotopic (exact) mass is 381 g/mol. The molecule has 0 saturated heterocycles. The lowest BCUT2D eigenvalue weighted by Gasteiger charge is -2.12. The first-order chi connectivity index (χ1) is 13.1. The molecule has 2 N–H and O–H groups in total. The Morgan fingerprint density at radius 2 is 1.67 bits per heavy atom. The Morgan fingerprint density at radius 1 is 1.04 bits per heavy atom. The maximum Gasteiger partial charge on any atom is 0.131 e. The van der Waals surface area contributed by atoms with Gasteiger partial charge in [-0.15, -0.1) is 0 Å². The number of aliphatic hydroxyl groups is 1. The topological polar surface area (TPSA) is 54.6 Å². The van der Waals surface area contributed by atoms with Gasteiger partial charge in [0, 0.05) is 15.8 Å². The highest BCUT2D eigenvalue weighted by molar-refractivity contribution is 7.71. The first kappa shape index (κ1) is 19.1. The normalized spacial score (nSPS) is 10.6. The minimum absolute atomic E-state index is 0.156. The maximum atomic E-state index is 9.34. The number of rotatable bonds is 7. The predicted molar refractivity (Wildman–Crippen MR) is 111 cm³/mol. The zero-order valence-electron chi connectivity index (χ0n) is 15.5. The molecule has 5 heteroatoms. The fraction of sp³-hybridized carbons (Fsp3) is 0.227. The molecule has 0 atom stereocenters. The Hall–Kier alpha value is -2.63. The van der Waals surface area contributed by atoms with Gasteiger partial charge in [-0.25, -0.2) is 0 Å². The van der Waals surface area contributed by atoms with E-state index < -0.39 is 0 Å². The van der Waals surface area contributed by atoms with E-state index in [1.54, 1.807) is 13.2 Å². The molecule has 27 heavy (non-hydrogen) atoms. The molecule has 0 saturated carbocycles. The van der Waals surface area contributed by atoms with Crippen LogP contribution in [0.25, 0.3) is 11.1 Å². The van der Waals surface area contributed by atoms with Crippen LogP contribution in [-0.2, 0) is 19.6 Å². The van der Waals surface area contributed by atoms with E-state index in [1.165, 1.54) is 0 Å². The molecule has 3 aromatic rings. The van der Waals surface area contributed by atoms with Crippen molar-refractivity contribution in [2.45, 2.75) is 26.5 Å². The Labute approximate surface area is 164 Å². The fourth-order valence-corrected chi connectivity index (χ4v) is 3.35. The van der Waals surface area contributed by atoms with Gasteiger partial charge < -0.3 is 19.6 Å². The van der Waals surface area contributed by atoms with Crippen molar-refractivity contribution in [1.29, 1.82) is 0 Å². The van der Waals surface area contributed by atoms with Gasteiger partial charge in [0.15, 0.2) is 0 Å². The molecule has 0 bridgehead atoms. The van der Waals surface area contributed by atoms with Gasteiger partial charge in [0.2, 0.25) is 0 Å². The summed E-state index contributed by atoms with van der Waals surface area (Å²) in [6.07, 6.45) is 0.793. The molecule has 0 unspecified atom stereocenters. The van der Waals surface area contributed by atoms with Crippen molar-refractivity contribution in [1.82, 2.24) is 0 Å². The van der Waals surface area contributed by atoms with Crippen molar-refractivity contribution in [3.63, 3.8) is 0 Å². The third-order valence-corrected chi connectivity index (χ3v) is 4.82. The number of aliphatic hydroxyl groups excluding tert-OH is 1. The van der Waals surface area contributed by atoms with Crippen molar-refractivity contribution in [2.24, 2.45) is 0 Å². The molecular formula is C22H23NO3S. The first-order valence-corrected chi connectivity index (χ1v) is 9.29. The van der Waals surface area contributed by atoms with Crippen molar-refractivity contribution in [3.8, 4) is 16.9 Å². The van der Waals surface area contributed by atoms with Crippen LogP contribution >= 0.6 is 12.2 Å². The quantitative estimate of drug-likeness (QED) is 0.540. The van der Waals surface area contributed by atoms with Gasteiger partial charge in [-0.3, -0.25) is 0 Å². The van der Waals surface area contributed by atoms with Gasteiger partial charge >= 0.3 is 0 Å². The Morgan fingerprint density at radius 3 is 2.22 bits per heavy atom. The summed E-state index contributed by atoms with van der Waals surface area (Å²) in [6.45, 7) is 2.41. The number of nitrogens with one attached hydrogen (secondary N) is 1. The van der Waals surface area contributed by atoms with Gasteiger partial charge in [0.05, 0.1) is 13.7 Å². The van der Waals surface area contributed by atoms with E-state index in [1.807, 2.05) is 43.3 Å². The summed E-state index contributed by atoms with van der Waals surface area (Å²) in [4.78, 5) is 0. The van der Waals surface area contributed by atoms with Crippen LogP contribution in [0.1, 0.15) is 24.0 Å². The average molecular weight is 381 g/mol. The second-order valence-corrected chi connectivity index (χ2v) is 6.59. The minimum atomic E-state index is -0.156. The molecule has 2 aromatic carbocycles. The highest BCUT2D eigenvalue weighted by Crippen LogP contribution is 2.24. The van der Waals surface area contributed by atoms with E-state index in [4.69, 9.17) is 21.4 Å². The van der Waals surface area contributed by atoms with Gasteiger partial charge in [-0.05, 0) is 47.9 Å². The third-order valence-electron chi connectivity index (χ3n) is 4.45. The highest BCUT2D eigenvalue weighted by Gasteiger charge is 2.08. The third kappa shape index (κ3) is 4.56. The molecule has 0 aliphatic carbocycles. The number of hydrogen-bond donors (Lipinski definition) is 2. The van der Waals surface area contributed by atoms with Crippen molar-refractivity contribution >= 4 is 17.9 Å². The van der Waals surface area contributed by atoms with Crippen LogP contribution in [0.4, 0.5) is 5.69 Å². The van der Waals surface area contributed by atoms with Crippen LogP contribution in [0, 0.1) is 4.51 Å². The summed E-state index contributed by atoms with van der Waals surface area (Å²) in [5.41, 5.74) is 4.27. The number of methoxy groups -OCH3 is 1. The Bertz CT molecular complexity index is 947.